The number of halogens is 1. The predicted molar refractivity (Wildman–Crippen MR) is 173 cm³/mol. The number of rotatable bonds is 13. The van der Waals surface area contributed by atoms with Crippen molar-refractivity contribution >= 4 is 39.1 Å². The van der Waals surface area contributed by atoms with E-state index < -0.39 is 28.5 Å². The lowest BCUT2D eigenvalue weighted by atomic mass is 10.0. The SMILES string of the molecule is COc1ccc(N(CC(=O)N(Cc2ccccc2)[C@@H](Cc2ccccc2)C(=O)NC(C)C)S(=O)(=O)c2ccccc2)cc1Cl. The summed E-state index contributed by atoms with van der Waals surface area (Å²) in [5.41, 5.74) is 1.83. The number of ether oxygens (including phenoxy) is 1. The number of sulfonamides is 1. The molecule has 0 aliphatic rings. The Morgan fingerprint density at radius 3 is 1.95 bits per heavy atom. The van der Waals surface area contributed by atoms with Crippen LogP contribution in [0.1, 0.15) is 25.0 Å². The minimum Gasteiger partial charge on any atom is -0.495 e. The highest BCUT2D eigenvalue weighted by Gasteiger charge is 2.35. The monoisotopic (exact) mass is 633 g/mol. The molecule has 0 heterocycles. The normalized spacial score (nSPS) is 11.9. The van der Waals surface area contributed by atoms with Crippen LogP contribution in [0.5, 0.6) is 5.75 Å². The van der Waals surface area contributed by atoms with Gasteiger partial charge in [0.25, 0.3) is 10.0 Å². The molecule has 230 valence electrons. The number of nitrogens with zero attached hydrogens (tertiary/aromatic N) is 2. The minimum atomic E-state index is -4.23. The third kappa shape index (κ3) is 8.18. The molecule has 0 aromatic heterocycles. The number of amides is 2. The Kier molecular flexibility index (Phi) is 11.0. The molecule has 4 rings (SSSR count). The lowest BCUT2D eigenvalue weighted by Crippen LogP contribution is -2.54. The lowest BCUT2D eigenvalue weighted by Gasteiger charge is -2.34. The summed E-state index contributed by atoms with van der Waals surface area (Å²) in [4.78, 5) is 29.6. The second-order valence-corrected chi connectivity index (χ2v) is 12.8. The van der Waals surface area contributed by atoms with Crippen LogP contribution < -0.4 is 14.4 Å². The van der Waals surface area contributed by atoms with Gasteiger partial charge in [0, 0.05) is 19.0 Å². The van der Waals surface area contributed by atoms with Gasteiger partial charge >= 0.3 is 0 Å². The van der Waals surface area contributed by atoms with Gasteiger partial charge in [0.1, 0.15) is 18.3 Å². The van der Waals surface area contributed by atoms with Crippen LogP contribution in [0.25, 0.3) is 0 Å². The van der Waals surface area contributed by atoms with Crippen LogP contribution in [0.15, 0.2) is 114 Å². The van der Waals surface area contributed by atoms with Crippen LogP contribution in [-0.2, 0) is 32.6 Å². The van der Waals surface area contributed by atoms with Crippen LogP contribution in [0.3, 0.4) is 0 Å². The van der Waals surface area contributed by atoms with Crippen LogP contribution in [-0.4, -0.2) is 50.9 Å². The molecule has 4 aromatic rings. The first-order chi connectivity index (χ1) is 21.1. The zero-order valence-electron chi connectivity index (χ0n) is 24.9. The zero-order chi connectivity index (χ0) is 31.7. The average molecular weight is 634 g/mol. The fraction of sp³-hybridized carbons (Fsp3) is 0.235. The van der Waals surface area contributed by atoms with E-state index in [4.69, 9.17) is 16.3 Å². The molecule has 1 atom stereocenters. The number of anilines is 1. The lowest BCUT2D eigenvalue weighted by molar-refractivity contribution is -0.140. The summed E-state index contributed by atoms with van der Waals surface area (Å²) in [7, 11) is -2.77. The van der Waals surface area contributed by atoms with Gasteiger partial charge in [0.15, 0.2) is 0 Å². The molecular formula is C34H36ClN3O5S. The largest absolute Gasteiger partial charge is 0.495 e. The van der Waals surface area contributed by atoms with Crippen molar-refractivity contribution in [3.63, 3.8) is 0 Å². The van der Waals surface area contributed by atoms with Gasteiger partial charge in [-0.2, -0.15) is 0 Å². The highest BCUT2D eigenvalue weighted by atomic mass is 35.5. The van der Waals surface area contributed by atoms with Crippen molar-refractivity contribution in [1.29, 1.82) is 0 Å². The maximum absolute atomic E-state index is 14.4. The van der Waals surface area contributed by atoms with E-state index in [2.05, 4.69) is 5.32 Å². The predicted octanol–water partition coefficient (Wildman–Crippen LogP) is 5.71. The first kappa shape index (κ1) is 32.6. The van der Waals surface area contributed by atoms with Crippen molar-refractivity contribution in [2.75, 3.05) is 18.0 Å². The van der Waals surface area contributed by atoms with Gasteiger partial charge in [0.05, 0.1) is 22.7 Å². The second-order valence-electron chi connectivity index (χ2n) is 10.5. The van der Waals surface area contributed by atoms with Crippen LogP contribution in [0.2, 0.25) is 5.02 Å². The number of carbonyl (C=O) groups excluding carboxylic acids is 2. The summed E-state index contributed by atoms with van der Waals surface area (Å²) >= 11 is 6.41. The summed E-state index contributed by atoms with van der Waals surface area (Å²) < 4.78 is 34.4. The quantitative estimate of drug-likeness (QED) is 0.204. The number of methoxy groups -OCH3 is 1. The fourth-order valence-electron chi connectivity index (χ4n) is 4.77. The highest BCUT2D eigenvalue weighted by molar-refractivity contribution is 7.92. The molecule has 44 heavy (non-hydrogen) atoms. The van der Waals surface area contributed by atoms with Crippen LogP contribution in [0, 0.1) is 0 Å². The Bertz CT molecular complexity index is 1650. The maximum atomic E-state index is 14.4. The van der Waals surface area contributed by atoms with Gasteiger partial charge < -0.3 is 15.0 Å². The van der Waals surface area contributed by atoms with Crippen molar-refractivity contribution < 1.29 is 22.7 Å². The van der Waals surface area contributed by atoms with E-state index in [1.807, 2.05) is 74.5 Å². The van der Waals surface area contributed by atoms with Gasteiger partial charge in [0.2, 0.25) is 11.8 Å². The van der Waals surface area contributed by atoms with Crippen molar-refractivity contribution in [3.8, 4) is 5.75 Å². The molecule has 0 saturated heterocycles. The first-order valence-corrected chi connectivity index (χ1v) is 16.0. The second kappa shape index (κ2) is 14.9. The number of hydrogen-bond donors (Lipinski definition) is 1. The topological polar surface area (TPSA) is 96.0 Å². The van der Waals surface area contributed by atoms with Gasteiger partial charge in [-0.3, -0.25) is 13.9 Å². The average Bonchev–Trinajstić information content (AvgIpc) is 3.02. The molecule has 0 fully saturated rings. The standard InChI is InChI=1S/C34H36ClN3O5S/c1-25(2)36-34(40)31(21-26-13-7-4-8-14-26)37(23-27-15-9-5-10-16-27)33(39)24-38(28-19-20-32(43-3)30(35)22-28)44(41,42)29-17-11-6-12-18-29/h4-20,22,25,31H,21,23-24H2,1-3H3,(H,36,40)/t31-/m0/s1. The summed E-state index contributed by atoms with van der Waals surface area (Å²) in [5, 5.41) is 3.13. The molecular weight excluding hydrogens is 598 g/mol. The van der Waals surface area contributed by atoms with Crippen LogP contribution >= 0.6 is 11.6 Å². The van der Waals surface area contributed by atoms with Crippen LogP contribution in [0.4, 0.5) is 5.69 Å². The zero-order valence-corrected chi connectivity index (χ0v) is 26.5. The van der Waals surface area contributed by atoms with Crippen molar-refractivity contribution in [3.05, 3.63) is 125 Å². The summed E-state index contributed by atoms with van der Waals surface area (Å²) in [5.74, 6) is -0.531. The van der Waals surface area contributed by atoms with Crippen molar-refractivity contribution in [2.24, 2.45) is 0 Å². The molecule has 0 spiro atoms. The Balaban J connectivity index is 1.81. The summed E-state index contributed by atoms with van der Waals surface area (Å²) in [6, 6.07) is 30.0. The molecule has 0 saturated carbocycles. The van der Waals surface area contributed by atoms with E-state index in [-0.39, 0.29) is 40.5 Å². The molecule has 2 amide bonds. The Hall–Kier alpha value is -4.34. The molecule has 4 aromatic carbocycles. The van der Waals surface area contributed by atoms with E-state index in [0.29, 0.717) is 5.75 Å². The molecule has 0 radical (unpaired) electrons. The van der Waals surface area contributed by atoms with Gasteiger partial charge in [-0.1, -0.05) is 90.5 Å². The smallest absolute Gasteiger partial charge is 0.264 e. The third-order valence-corrected chi connectivity index (χ3v) is 9.01. The Morgan fingerprint density at radius 2 is 1.41 bits per heavy atom. The molecule has 0 bridgehead atoms. The van der Waals surface area contributed by atoms with E-state index in [1.165, 1.54) is 36.3 Å². The van der Waals surface area contributed by atoms with Gasteiger partial charge in [-0.15, -0.1) is 0 Å². The van der Waals surface area contributed by atoms with Gasteiger partial charge in [-0.25, -0.2) is 8.42 Å². The Morgan fingerprint density at radius 1 is 0.841 bits per heavy atom. The number of carbonyl (C=O) groups is 2. The summed E-state index contributed by atoms with van der Waals surface area (Å²) in [6.45, 7) is 3.21. The Labute approximate surface area is 264 Å². The summed E-state index contributed by atoms with van der Waals surface area (Å²) in [6.07, 6.45) is 0.234. The molecule has 0 aliphatic heterocycles. The molecule has 8 nitrogen and oxygen atoms in total. The highest BCUT2D eigenvalue weighted by Crippen LogP contribution is 2.32. The van der Waals surface area contributed by atoms with E-state index in [1.54, 1.807) is 24.3 Å². The maximum Gasteiger partial charge on any atom is 0.264 e. The molecule has 1 N–H and O–H groups in total. The van der Waals surface area contributed by atoms with E-state index in [9.17, 15) is 18.0 Å². The molecule has 10 heteroatoms. The van der Waals surface area contributed by atoms with Crippen molar-refractivity contribution in [2.45, 2.75) is 43.8 Å². The van der Waals surface area contributed by atoms with E-state index in [0.717, 1.165) is 15.4 Å². The third-order valence-electron chi connectivity index (χ3n) is 6.93. The number of hydrogen-bond acceptors (Lipinski definition) is 5. The minimum absolute atomic E-state index is 0.00716. The number of nitrogens with one attached hydrogen (secondary N) is 1. The van der Waals surface area contributed by atoms with E-state index >= 15 is 0 Å². The number of benzene rings is 4. The van der Waals surface area contributed by atoms with Gasteiger partial charge in [-0.05, 0) is 55.3 Å². The first-order valence-electron chi connectivity index (χ1n) is 14.2. The van der Waals surface area contributed by atoms with Crippen molar-refractivity contribution in [1.82, 2.24) is 10.2 Å². The molecule has 0 unspecified atom stereocenters. The molecule has 0 aliphatic carbocycles. The fourth-order valence-corrected chi connectivity index (χ4v) is 6.45.